The van der Waals surface area contributed by atoms with Crippen molar-refractivity contribution in [3.63, 3.8) is 0 Å². The highest BCUT2D eigenvalue weighted by molar-refractivity contribution is 5.81. The second-order valence-electron chi connectivity index (χ2n) is 3.72. The van der Waals surface area contributed by atoms with Gasteiger partial charge in [0.25, 0.3) is 0 Å². The van der Waals surface area contributed by atoms with Crippen LogP contribution in [-0.2, 0) is 18.3 Å². The second kappa shape index (κ2) is 3.38. The van der Waals surface area contributed by atoms with Gasteiger partial charge in [-0.1, -0.05) is 6.07 Å². The van der Waals surface area contributed by atoms with Crippen LogP contribution in [0.3, 0.4) is 0 Å². The van der Waals surface area contributed by atoms with Crippen LogP contribution < -0.4 is 5.69 Å². The first-order chi connectivity index (χ1) is 7.08. The van der Waals surface area contributed by atoms with Crippen LogP contribution >= 0.6 is 0 Å². The van der Waals surface area contributed by atoms with Crippen LogP contribution in [0.15, 0.2) is 23.0 Å². The predicted octanol–water partition coefficient (Wildman–Crippen LogP) is 0.998. The molecule has 0 bridgehead atoms. The maximum atomic E-state index is 11.3. The fraction of sp³-hybridized carbons (Fsp3) is 0.273. The lowest BCUT2D eigenvalue weighted by Gasteiger charge is -1.99. The molecule has 15 heavy (non-hydrogen) atoms. The Hall–Kier alpha value is -1.84. The molecule has 1 aromatic heterocycles. The average molecular weight is 204 g/mol. The number of aryl methyl sites for hydroxylation is 1. The van der Waals surface area contributed by atoms with E-state index in [0.717, 1.165) is 16.6 Å². The number of nitrogens with one attached hydrogen (secondary N) is 1. The topological polar surface area (TPSA) is 54.9 Å². The third-order valence-corrected chi connectivity index (χ3v) is 2.42. The van der Waals surface area contributed by atoms with Gasteiger partial charge in [0.05, 0.1) is 11.0 Å². The van der Waals surface area contributed by atoms with Crippen molar-refractivity contribution in [3.8, 4) is 0 Å². The molecule has 1 heterocycles. The van der Waals surface area contributed by atoms with Crippen molar-refractivity contribution < 1.29 is 4.79 Å². The van der Waals surface area contributed by atoms with Crippen molar-refractivity contribution in [2.24, 2.45) is 7.05 Å². The summed E-state index contributed by atoms with van der Waals surface area (Å²) >= 11 is 0. The molecule has 4 nitrogen and oxygen atoms in total. The van der Waals surface area contributed by atoms with E-state index in [1.807, 2.05) is 18.2 Å². The number of carbonyl (C=O) groups excluding carboxylic acids is 1. The standard InChI is InChI=1S/C11H12N2O2/c1-7(14)5-8-3-4-9-10(6-8)13(2)11(15)12-9/h3-4,6H,5H2,1-2H3,(H,12,15). The number of aromatic nitrogens is 2. The summed E-state index contributed by atoms with van der Waals surface area (Å²) in [5.74, 6) is 0.120. The summed E-state index contributed by atoms with van der Waals surface area (Å²) in [6, 6.07) is 5.56. The van der Waals surface area contributed by atoms with Crippen molar-refractivity contribution in [2.45, 2.75) is 13.3 Å². The van der Waals surface area contributed by atoms with Gasteiger partial charge in [0.1, 0.15) is 5.78 Å². The quantitative estimate of drug-likeness (QED) is 0.793. The summed E-state index contributed by atoms with van der Waals surface area (Å²) in [5, 5.41) is 0. The largest absolute Gasteiger partial charge is 0.326 e. The Morgan fingerprint density at radius 3 is 2.87 bits per heavy atom. The van der Waals surface area contributed by atoms with Gasteiger partial charge in [-0.2, -0.15) is 0 Å². The van der Waals surface area contributed by atoms with Crippen LogP contribution in [0.1, 0.15) is 12.5 Å². The number of imidazole rings is 1. The van der Waals surface area contributed by atoms with E-state index in [1.54, 1.807) is 18.5 Å². The first kappa shape index (κ1) is 9.71. The molecule has 0 saturated carbocycles. The van der Waals surface area contributed by atoms with Gasteiger partial charge in [0.15, 0.2) is 0 Å². The molecule has 0 aliphatic rings. The lowest BCUT2D eigenvalue weighted by Crippen LogP contribution is -2.11. The minimum atomic E-state index is -0.134. The molecule has 0 atom stereocenters. The zero-order valence-electron chi connectivity index (χ0n) is 8.70. The van der Waals surface area contributed by atoms with Gasteiger partial charge in [-0.3, -0.25) is 9.36 Å². The normalized spacial score (nSPS) is 10.8. The number of aromatic amines is 1. The van der Waals surface area contributed by atoms with Gasteiger partial charge in [0, 0.05) is 13.5 Å². The molecule has 0 saturated heterocycles. The Bertz CT molecular complexity index is 578. The SMILES string of the molecule is CC(=O)Cc1ccc2[nH]c(=O)n(C)c2c1. The number of carbonyl (C=O) groups is 1. The third kappa shape index (κ3) is 1.70. The van der Waals surface area contributed by atoms with Crippen molar-refractivity contribution in [3.05, 3.63) is 34.2 Å². The summed E-state index contributed by atoms with van der Waals surface area (Å²) in [6.07, 6.45) is 0.412. The summed E-state index contributed by atoms with van der Waals surface area (Å²) in [7, 11) is 1.71. The predicted molar refractivity (Wildman–Crippen MR) is 57.9 cm³/mol. The lowest BCUT2D eigenvalue weighted by atomic mass is 10.1. The monoisotopic (exact) mass is 204 g/mol. The van der Waals surface area contributed by atoms with Crippen molar-refractivity contribution in [2.75, 3.05) is 0 Å². The van der Waals surface area contributed by atoms with Crippen LogP contribution in [0.5, 0.6) is 0 Å². The zero-order chi connectivity index (χ0) is 11.0. The first-order valence-electron chi connectivity index (χ1n) is 4.75. The van der Waals surface area contributed by atoms with Crippen LogP contribution in [0, 0.1) is 0 Å². The molecule has 2 aromatic rings. The molecule has 4 heteroatoms. The fourth-order valence-corrected chi connectivity index (χ4v) is 1.67. The van der Waals surface area contributed by atoms with Gasteiger partial charge < -0.3 is 4.98 Å². The van der Waals surface area contributed by atoms with E-state index in [-0.39, 0.29) is 11.5 Å². The van der Waals surface area contributed by atoms with Gasteiger partial charge in [-0.15, -0.1) is 0 Å². The van der Waals surface area contributed by atoms with Crippen molar-refractivity contribution >= 4 is 16.8 Å². The van der Waals surface area contributed by atoms with Crippen molar-refractivity contribution in [1.82, 2.24) is 9.55 Å². The maximum Gasteiger partial charge on any atom is 0.326 e. The molecule has 78 valence electrons. The van der Waals surface area contributed by atoms with E-state index in [1.165, 1.54) is 0 Å². The molecule has 0 spiro atoms. The Labute approximate surface area is 86.5 Å². The van der Waals surface area contributed by atoms with E-state index in [9.17, 15) is 9.59 Å². The number of hydrogen-bond donors (Lipinski definition) is 1. The summed E-state index contributed by atoms with van der Waals surface area (Å²) in [5.41, 5.74) is 2.43. The molecule has 1 N–H and O–H groups in total. The van der Waals surface area contributed by atoms with Crippen molar-refractivity contribution in [1.29, 1.82) is 0 Å². The van der Waals surface area contributed by atoms with E-state index >= 15 is 0 Å². The molecule has 0 aliphatic heterocycles. The molecule has 0 fully saturated rings. The Balaban J connectivity index is 2.59. The number of fused-ring (bicyclic) bond motifs is 1. The maximum absolute atomic E-state index is 11.3. The Morgan fingerprint density at radius 2 is 2.20 bits per heavy atom. The highest BCUT2D eigenvalue weighted by atomic mass is 16.1. The summed E-state index contributed by atoms with van der Waals surface area (Å²) in [4.78, 5) is 25.0. The van der Waals surface area contributed by atoms with Crippen LogP contribution in [0.25, 0.3) is 11.0 Å². The summed E-state index contributed by atoms with van der Waals surface area (Å²) in [6.45, 7) is 1.56. The van der Waals surface area contributed by atoms with Gasteiger partial charge in [0.2, 0.25) is 0 Å². The number of hydrogen-bond acceptors (Lipinski definition) is 2. The van der Waals surface area contributed by atoms with E-state index in [2.05, 4.69) is 4.98 Å². The lowest BCUT2D eigenvalue weighted by molar-refractivity contribution is -0.116. The number of benzene rings is 1. The number of Topliss-reactive ketones (excluding diaryl/α,β-unsaturated/α-hetero) is 1. The Morgan fingerprint density at radius 1 is 1.47 bits per heavy atom. The molecule has 2 rings (SSSR count). The van der Waals surface area contributed by atoms with E-state index in [4.69, 9.17) is 0 Å². The number of ketones is 1. The van der Waals surface area contributed by atoms with Crippen LogP contribution in [0.2, 0.25) is 0 Å². The molecule has 0 aliphatic carbocycles. The van der Waals surface area contributed by atoms with Gasteiger partial charge in [-0.05, 0) is 24.6 Å². The highest BCUT2D eigenvalue weighted by Gasteiger charge is 2.04. The summed E-state index contributed by atoms with van der Waals surface area (Å²) < 4.78 is 1.54. The third-order valence-electron chi connectivity index (χ3n) is 2.42. The molecule has 0 amide bonds. The Kier molecular flexibility index (Phi) is 2.19. The molecule has 0 radical (unpaired) electrons. The second-order valence-corrected chi connectivity index (χ2v) is 3.72. The van der Waals surface area contributed by atoms with Crippen LogP contribution in [0.4, 0.5) is 0 Å². The first-order valence-corrected chi connectivity index (χ1v) is 4.75. The van der Waals surface area contributed by atoms with Crippen LogP contribution in [-0.4, -0.2) is 15.3 Å². The number of nitrogens with zero attached hydrogens (tertiary/aromatic N) is 1. The molecule has 1 aromatic carbocycles. The molecular weight excluding hydrogens is 192 g/mol. The average Bonchev–Trinajstić information content (AvgIpc) is 2.43. The molecular formula is C11H12N2O2. The fourth-order valence-electron chi connectivity index (χ4n) is 1.67. The van der Waals surface area contributed by atoms with E-state index in [0.29, 0.717) is 6.42 Å². The number of H-pyrrole nitrogens is 1. The minimum absolute atomic E-state index is 0.120. The zero-order valence-corrected chi connectivity index (χ0v) is 8.70. The van der Waals surface area contributed by atoms with Gasteiger partial charge in [-0.25, -0.2) is 4.79 Å². The molecule has 0 unspecified atom stereocenters. The smallest absolute Gasteiger partial charge is 0.306 e. The number of rotatable bonds is 2. The highest BCUT2D eigenvalue weighted by Crippen LogP contribution is 2.12. The minimum Gasteiger partial charge on any atom is -0.306 e. The van der Waals surface area contributed by atoms with E-state index < -0.39 is 0 Å². The van der Waals surface area contributed by atoms with Gasteiger partial charge >= 0.3 is 5.69 Å².